The number of rotatable bonds is 2. The van der Waals surface area contributed by atoms with Crippen LogP contribution >= 0.6 is 11.3 Å². The van der Waals surface area contributed by atoms with E-state index >= 15 is 0 Å². The summed E-state index contributed by atoms with van der Waals surface area (Å²) in [5.41, 5.74) is 2.61. The summed E-state index contributed by atoms with van der Waals surface area (Å²) >= 11 is 1.46. The Balaban J connectivity index is 1.41. The number of anilines is 1. The lowest BCUT2D eigenvalue weighted by Gasteiger charge is -2.45. The zero-order valence-corrected chi connectivity index (χ0v) is 19.3. The Hall–Kier alpha value is -3.64. The molecule has 0 saturated carbocycles. The molecule has 1 spiro atoms. The van der Waals surface area contributed by atoms with Crippen LogP contribution in [0.5, 0.6) is 11.5 Å². The monoisotopic (exact) mass is 454 g/mol. The maximum absolute atomic E-state index is 12.4. The minimum absolute atomic E-state index is 0.313. The number of hydrogen-bond acceptors (Lipinski definition) is 6. The van der Waals surface area contributed by atoms with E-state index in [0.29, 0.717) is 17.1 Å². The summed E-state index contributed by atoms with van der Waals surface area (Å²) in [6.45, 7) is 4.38. The first kappa shape index (κ1) is 20.0. The van der Waals surface area contributed by atoms with Crippen molar-refractivity contribution in [2.45, 2.75) is 25.0 Å². The highest BCUT2D eigenvalue weighted by Crippen LogP contribution is 2.54. The third-order valence-electron chi connectivity index (χ3n) is 6.86. The number of esters is 1. The van der Waals surface area contributed by atoms with Crippen LogP contribution in [-0.2, 0) is 5.41 Å². The molecule has 3 heterocycles. The fraction of sp³-hybridized carbons (Fsp3) is 0.185. The zero-order chi connectivity index (χ0) is 22.8. The number of likely N-dealkylation sites (N-methyl/N-ethyl adjacent to an activating group) is 1. The Morgan fingerprint density at radius 1 is 1.09 bits per heavy atom. The minimum Gasteiger partial charge on any atom is -0.459 e. The first-order valence-corrected chi connectivity index (χ1v) is 11.7. The van der Waals surface area contributed by atoms with Crippen molar-refractivity contribution in [1.82, 2.24) is 0 Å². The van der Waals surface area contributed by atoms with E-state index in [4.69, 9.17) is 14.5 Å². The van der Waals surface area contributed by atoms with Gasteiger partial charge in [0.1, 0.15) is 17.2 Å². The lowest BCUT2D eigenvalue weighted by Crippen LogP contribution is -2.61. The first-order valence-electron chi connectivity index (χ1n) is 10.8. The Bertz CT molecular complexity index is 1440. The molecule has 6 heteroatoms. The van der Waals surface area contributed by atoms with Gasteiger partial charge in [-0.15, -0.1) is 0 Å². The number of fused-ring (bicyclic) bond motifs is 4. The topological polar surface area (TPSA) is 51.1 Å². The fourth-order valence-electron chi connectivity index (χ4n) is 4.96. The smallest absolute Gasteiger partial charge is 0.344 e. The van der Waals surface area contributed by atoms with E-state index in [0.717, 1.165) is 22.1 Å². The number of hydrogen-bond donors (Lipinski definition) is 0. The number of nitrogens with zero attached hydrogens (tertiary/aromatic N) is 2. The van der Waals surface area contributed by atoms with Gasteiger partial charge in [0.25, 0.3) is 0 Å². The Morgan fingerprint density at radius 2 is 1.91 bits per heavy atom. The molecule has 0 fully saturated rings. The van der Waals surface area contributed by atoms with Crippen LogP contribution in [0, 0.1) is 0 Å². The quantitative estimate of drug-likeness (QED) is 0.262. The number of ether oxygens (including phenoxy) is 2. The van der Waals surface area contributed by atoms with Gasteiger partial charge in [-0.2, -0.15) is 11.3 Å². The molecule has 1 atom stereocenters. The van der Waals surface area contributed by atoms with Crippen LogP contribution in [0.25, 0.3) is 10.8 Å². The van der Waals surface area contributed by atoms with Crippen molar-refractivity contribution >= 4 is 45.7 Å². The number of thiophene rings is 1. The Labute approximate surface area is 195 Å². The van der Waals surface area contributed by atoms with Gasteiger partial charge in [-0.05, 0) is 60.5 Å². The van der Waals surface area contributed by atoms with Crippen molar-refractivity contribution < 1.29 is 14.3 Å². The van der Waals surface area contributed by atoms with Crippen LogP contribution in [0.4, 0.5) is 11.4 Å². The van der Waals surface area contributed by atoms with E-state index in [9.17, 15) is 4.79 Å². The molecule has 1 unspecified atom stereocenters. The lowest BCUT2D eigenvalue weighted by molar-refractivity contribution is 0.0735. The molecule has 0 N–H and O–H groups in total. The van der Waals surface area contributed by atoms with Crippen LogP contribution in [0.3, 0.4) is 0 Å². The number of para-hydroxylation sites is 1. The second kappa shape index (κ2) is 6.93. The van der Waals surface area contributed by atoms with E-state index in [2.05, 4.69) is 36.9 Å². The summed E-state index contributed by atoms with van der Waals surface area (Å²) in [5, 5.41) is 5.52. The molecular formula is C27H22N2O3S. The van der Waals surface area contributed by atoms with Gasteiger partial charge in [0.05, 0.1) is 17.2 Å². The van der Waals surface area contributed by atoms with Crippen molar-refractivity contribution in [3.63, 3.8) is 0 Å². The highest BCUT2D eigenvalue weighted by atomic mass is 32.1. The second-order valence-electron chi connectivity index (χ2n) is 8.95. The van der Waals surface area contributed by atoms with Crippen molar-refractivity contribution in [2.75, 3.05) is 11.9 Å². The number of aliphatic imine (C=N–C) groups is 1. The van der Waals surface area contributed by atoms with Gasteiger partial charge in [0, 0.05) is 23.5 Å². The minimum atomic E-state index is -0.736. The predicted molar refractivity (Wildman–Crippen MR) is 133 cm³/mol. The van der Waals surface area contributed by atoms with E-state index in [-0.39, 0.29) is 11.4 Å². The van der Waals surface area contributed by atoms with E-state index in [1.165, 1.54) is 16.9 Å². The Kier molecular flexibility index (Phi) is 4.20. The highest BCUT2D eigenvalue weighted by Gasteiger charge is 2.58. The molecule has 4 aromatic rings. The van der Waals surface area contributed by atoms with E-state index in [1.807, 2.05) is 49.0 Å². The summed E-state index contributed by atoms with van der Waals surface area (Å²) in [6.07, 6.45) is 1.92. The number of carbonyl (C=O) groups excluding carboxylic acids is 1. The third kappa shape index (κ3) is 2.77. The molecule has 33 heavy (non-hydrogen) atoms. The third-order valence-corrected chi connectivity index (χ3v) is 7.54. The molecule has 2 aliphatic heterocycles. The number of carbonyl (C=O) groups is 1. The van der Waals surface area contributed by atoms with Crippen LogP contribution in [0.1, 0.15) is 29.8 Å². The summed E-state index contributed by atoms with van der Waals surface area (Å²) in [5.74, 6) is 0.818. The van der Waals surface area contributed by atoms with Crippen LogP contribution < -0.4 is 14.4 Å². The highest BCUT2D eigenvalue weighted by molar-refractivity contribution is 7.08. The predicted octanol–water partition coefficient (Wildman–Crippen LogP) is 6.34. The maximum atomic E-state index is 12.4. The van der Waals surface area contributed by atoms with Gasteiger partial charge >= 0.3 is 5.97 Å². The molecule has 0 aliphatic carbocycles. The molecule has 0 radical (unpaired) electrons. The summed E-state index contributed by atoms with van der Waals surface area (Å²) in [6, 6.07) is 19.7. The summed E-state index contributed by atoms with van der Waals surface area (Å²) < 4.78 is 12.4. The number of benzene rings is 3. The van der Waals surface area contributed by atoms with E-state index < -0.39 is 5.72 Å². The molecule has 1 aromatic heterocycles. The normalized spacial score (nSPS) is 19.9. The van der Waals surface area contributed by atoms with E-state index in [1.54, 1.807) is 17.5 Å². The fourth-order valence-corrected chi connectivity index (χ4v) is 5.59. The molecule has 164 valence electrons. The van der Waals surface area contributed by atoms with Crippen molar-refractivity contribution in [1.29, 1.82) is 0 Å². The van der Waals surface area contributed by atoms with Crippen LogP contribution in [0.15, 0.2) is 76.4 Å². The first-order chi connectivity index (χ1) is 15.9. The largest absolute Gasteiger partial charge is 0.459 e. The summed E-state index contributed by atoms with van der Waals surface area (Å²) in [4.78, 5) is 19.5. The summed E-state index contributed by atoms with van der Waals surface area (Å²) in [7, 11) is 2.05. The second-order valence-corrected chi connectivity index (χ2v) is 9.73. The maximum Gasteiger partial charge on any atom is 0.344 e. The molecule has 6 rings (SSSR count). The Morgan fingerprint density at radius 3 is 2.70 bits per heavy atom. The van der Waals surface area contributed by atoms with Crippen molar-refractivity contribution in [3.8, 4) is 11.5 Å². The van der Waals surface area contributed by atoms with Gasteiger partial charge < -0.3 is 14.4 Å². The molecule has 5 nitrogen and oxygen atoms in total. The van der Waals surface area contributed by atoms with Crippen LogP contribution in [-0.4, -0.2) is 25.0 Å². The molecule has 0 amide bonds. The van der Waals surface area contributed by atoms with Gasteiger partial charge in [-0.1, -0.05) is 30.3 Å². The average Bonchev–Trinajstić information content (AvgIpc) is 3.42. The van der Waals surface area contributed by atoms with Gasteiger partial charge in [0.15, 0.2) is 0 Å². The molecule has 0 bridgehead atoms. The molecular weight excluding hydrogens is 432 g/mol. The molecule has 3 aromatic carbocycles. The molecule has 2 aliphatic rings. The van der Waals surface area contributed by atoms with Crippen molar-refractivity contribution in [2.24, 2.45) is 4.99 Å². The van der Waals surface area contributed by atoms with Gasteiger partial charge in [-0.3, -0.25) is 4.99 Å². The lowest BCUT2D eigenvalue weighted by atomic mass is 9.77. The van der Waals surface area contributed by atoms with Gasteiger partial charge in [0.2, 0.25) is 5.72 Å². The molecule has 0 saturated heterocycles. The average molecular weight is 455 g/mol. The SMILES string of the molecule is CN1c2ccccc2C(C)(C)C12C=Nc1c(ccc3ccc(OC(=O)c4ccsc4)cc13)O2. The van der Waals surface area contributed by atoms with Crippen molar-refractivity contribution in [3.05, 3.63) is 82.6 Å². The van der Waals surface area contributed by atoms with Gasteiger partial charge in [-0.25, -0.2) is 4.79 Å². The standard InChI is InChI=1S/C27H22N2O3S/c1-26(2)21-6-4-5-7-22(21)29(3)27(26)16-28-24-20-14-19(31-25(30)18-12-13-33-15-18)10-8-17(20)9-11-23(24)32-27/h4-16H,1-3H3. The zero-order valence-electron chi connectivity index (χ0n) is 18.5. The van der Waals surface area contributed by atoms with Crippen LogP contribution in [0.2, 0.25) is 0 Å².